The van der Waals surface area contributed by atoms with E-state index in [-0.39, 0.29) is 6.04 Å². The maximum atomic E-state index is 5.98. The van der Waals surface area contributed by atoms with Crippen molar-refractivity contribution in [3.63, 3.8) is 0 Å². The van der Waals surface area contributed by atoms with Crippen molar-refractivity contribution in [2.75, 3.05) is 0 Å². The molecule has 1 unspecified atom stereocenters. The molecule has 0 bridgehead atoms. The standard InChI is InChI=1S/C13H23N3O/c1-9(2)12(14)13-15-11(17-16-13)8-7-10-5-3-4-6-10/h9-10,12H,3-8,14H2,1-2H3. The summed E-state index contributed by atoms with van der Waals surface area (Å²) in [6, 6.07) is -0.112. The summed E-state index contributed by atoms with van der Waals surface area (Å²) in [5.41, 5.74) is 5.98. The molecular weight excluding hydrogens is 214 g/mol. The molecule has 0 amide bonds. The topological polar surface area (TPSA) is 64.9 Å². The van der Waals surface area contributed by atoms with E-state index >= 15 is 0 Å². The van der Waals surface area contributed by atoms with E-state index in [2.05, 4.69) is 24.0 Å². The van der Waals surface area contributed by atoms with Crippen LogP contribution in [0, 0.1) is 11.8 Å². The van der Waals surface area contributed by atoms with Crippen LogP contribution in [-0.4, -0.2) is 10.1 Å². The van der Waals surface area contributed by atoms with Crippen molar-refractivity contribution in [1.29, 1.82) is 0 Å². The quantitative estimate of drug-likeness (QED) is 0.855. The van der Waals surface area contributed by atoms with Gasteiger partial charge in [0.1, 0.15) is 0 Å². The van der Waals surface area contributed by atoms with Crippen LogP contribution < -0.4 is 5.73 Å². The first-order valence-electron chi connectivity index (χ1n) is 6.75. The van der Waals surface area contributed by atoms with Crippen molar-refractivity contribution < 1.29 is 4.52 Å². The minimum Gasteiger partial charge on any atom is -0.339 e. The van der Waals surface area contributed by atoms with Crippen LogP contribution in [0.15, 0.2) is 4.52 Å². The molecule has 0 radical (unpaired) electrons. The summed E-state index contributed by atoms with van der Waals surface area (Å²) in [6.45, 7) is 4.14. The second-order valence-corrected chi connectivity index (χ2v) is 5.51. The largest absolute Gasteiger partial charge is 0.339 e. The molecule has 17 heavy (non-hydrogen) atoms. The predicted molar refractivity (Wildman–Crippen MR) is 66.3 cm³/mol. The Morgan fingerprint density at radius 2 is 2.06 bits per heavy atom. The first-order valence-corrected chi connectivity index (χ1v) is 6.75. The molecule has 1 aliphatic rings. The molecule has 0 saturated heterocycles. The van der Waals surface area contributed by atoms with Crippen molar-refractivity contribution in [2.45, 2.75) is 58.4 Å². The van der Waals surface area contributed by atoms with Crippen molar-refractivity contribution in [3.8, 4) is 0 Å². The fraction of sp³-hybridized carbons (Fsp3) is 0.846. The third-order valence-corrected chi connectivity index (χ3v) is 3.74. The van der Waals surface area contributed by atoms with Gasteiger partial charge in [-0.15, -0.1) is 0 Å². The van der Waals surface area contributed by atoms with Crippen molar-refractivity contribution in [3.05, 3.63) is 11.7 Å². The monoisotopic (exact) mass is 237 g/mol. The Labute approximate surface area is 103 Å². The molecule has 1 aromatic rings. The average molecular weight is 237 g/mol. The highest BCUT2D eigenvalue weighted by Crippen LogP contribution is 2.28. The summed E-state index contributed by atoms with van der Waals surface area (Å²) in [5, 5.41) is 3.97. The zero-order chi connectivity index (χ0) is 12.3. The molecule has 4 nitrogen and oxygen atoms in total. The SMILES string of the molecule is CC(C)C(N)c1noc(CCC2CCCC2)n1. The average Bonchev–Trinajstić information content (AvgIpc) is 2.96. The number of nitrogens with zero attached hydrogens (tertiary/aromatic N) is 2. The zero-order valence-corrected chi connectivity index (χ0v) is 10.9. The Morgan fingerprint density at radius 3 is 2.71 bits per heavy atom. The molecular formula is C13H23N3O. The van der Waals surface area contributed by atoms with Gasteiger partial charge in [-0.05, 0) is 18.3 Å². The van der Waals surface area contributed by atoms with Gasteiger partial charge in [0.15, 0.2) is 5.82 Å². The molecule has 96 valence electrons. The van der Waals surface area contributed by atoms with E-state index in [1.54, 1.807) is 0 Å². The van der Waals surface area contributed by atoms with E-state index < -0.39 is 0 Å². The van der Waals surface area contributed by atoms with Crippen LogP contribution in [0.3, 0.4) is 0 Å². The maximum absolute atomic E-state index is 5.98. The van der Waals surface area contributed by atoms with Crippen LogP contribution in [0.5, 0.6) is 0 Å². The second kappa shape index (κ2) is 5.63. The summed E-state index contributed by atoms with van der Waals surface area (Å²) in [5.74, 6) is 2.61. The molecule has 0 aliphatic heterocycles. The number of hydrogen-bond donors (Lipinski definition) is 1. The van der Waals surface area contributed by atoms with E-state index in [1.165, 1.54) is 32.1 Å². The molecule has 2 N–H and O–H groups in total. The first kappa shape index (κ1) is 12.6. The number of aryl methyl sites for hydroxylation is 1. The van der Waals surface area contributed by atoms with Gasteiger partial charge in [0.25, 0.3) is 0 Å². The number of hydrogen-bond acceptors (Lipinski definition) is 4. The summed E-state index contributed by atoms with van der Waals surface area (Å²) < 4.78 is 5.25. The van der Waals surface area contributed by atoms with Crippen molar-refractivity contribution in [2.24, 2.45) is 17.6 Å². The Hall–Kier alpha value is -0.900. The molecule has 1 heterocycles. The zero-order valence-electron chi connectivity index (χ0n) is 10.9. The molecule has 1 saturated carbocycles. The van der Waals surface area contributed by atoms with Gasteiger partial charge in [-0.2, -0.15) is 4.98 Å². The fourth-order valence-corrected chi connectivity index (χ4v) is 2.43. The first-order chi connectivity index (χ1) is 8.16. The van der Waals surface area contributed by atoms with Gasteiger partial charge in [-0.3, -0.25) is 0 Å². The summed E-state index contributed by atoms with van der Waals surface area (Å²) in [6.07, 6.45) is 7.59. The van der Waals surface area contributed by atoms with Gasteiger partial charge in [0.2, 0.25) is 5.89 Å². The Bertz CT molecular complexity index is 342. The van der Waals surface area contributed by atoms with Gasteiger partial charge in [0, 0.05) is 6.42 Å². The molecule has 1 fully saturated rings. The summed E-state index contributed by atoms with van der Waals surface area (Å²) in [7, 11) is 0. The third-order valence-electron chi connectivity index (χ3n) is 3.74. The summed E-state index contributed by atoms with van der Waals surface area (Å²) in [4.78, 5) is 4.39. The predicted octanol–water partition coefficient (Wildman–Crippen LogP) is 2.85. The van der Waals surface area contributed by atoms with E-state index in [0.717, 1.165) is 18.2 Å². The van der Waals surface area contributed by atoms with E-state index in [0.29, 0.717) is 11.7 Å². The van der Waals surface area contributed by atoms with Crippen LogP contribution in [0.2, 0.25) is 0 Å². The Morgan fingerprint density at radius 1 is 1.35 bits per heavy atom. The van der Waals surface area contributed by atoms with E-state index in [1.807, 2.05) is 0 Å². The van der Waals surface area contributed by atoms with Crippen LogP contribution in [0.25, 0.3) is 0 Å². The minimum absolute atomic E-state index is 0.112. The Kier molecular flexibility index (Phi) is 4.15. The lowest BCUT2D eigenvalue weighted by Gasteiger charge is -2.09. The molecule has 0 spiro atoms. The minimum atomic E-state index is -0.112. The number of nitrogens with two attached hydrogens (primary N) is 1. The van der Waals surface area contributed by atoms with Crippen LogP contribution >= 0.6 is 0 Å². The van der Waals surface area contributed by atoms with Crippen molar-refractivity contribution >= 4 is 0 Å². The molecule has 1 aromatic heterocycles. The summed E-state index contributed by atoms with van der Waals surface area (Å²) >= 11 is 0. The number of aromatic nitrogens is 2. The Balaban J connectivity index is 1.85. The fourth-order valence-electron chi connectivity index (χ4n) is 2.43. The second-order valence-electron chi connectivity index (χ2n) is 5.51. The molecule has 2 rings (SSSR count). The van der Waals surface area contributed by atoms with Gasteiger partial charge in [-0.25, -0.2) is 0 Å². The van der Waals surface area contributed by atoms with Gasteiger partial charge in [0.05, 0.1) is 6.04 Å². The van der Waals surface area contributed by atoms with Crippen LogP contribution in [0.1, 0.15) is 63.7 Å². The molecule has 4 heteroatoms. The van der Waals surface area contributed by atoms with Gasteiger partial charge < -0.3 is 10.3 Å². The highest BCUT2D eigenvalue weighted by atomic mass is 16.5. The highest BCUT2D eigenvalue weighted by Gasteiger charge is 2.19. The van der Waals surface area contributed by atoms with E-state index in [4.69, 9.17) is 10.3 Å². The normalized spacial score (nSPS) is 19.1. The highest BCUT2D eigenvalue weighted by molar-refractivity contribution is 4.94. The smallest absolute Gasteiger partial charge is 0.226 e. The van der Waals surface area contributed by atoms with Crippen LogP contribution in [-0.2, 0) is 6.42 Å². The maximum Gasteiger partial charge on any atom is 0.226 e. The third kappa shape index (κ3) is 3.28. The van der Waals surface area contributed by atoms with E-state index in [9.17, 15) is 0 Å². The molecule has 1 atom stereocenters. The lowest BCUT2D eigenvalue weighted by molar-refractivity contribution is 0.351. The molecule has 1 aliphatic carbocycles. The number of rotatable bonds is 5. The lowest BCUT2D eigenvalue weighted by atomic mass is 10.0. The van der Waals surface area contributed by atoms with Gasteiger partial charge in [-0.1, -0.05) is 44.7 Å². The van der Waals surface area contributed by atoms with Gasteiger partial charge >= 0.3 is 0 Å². The molecule has 0 aromatic carbocycles. The lowest BCUT2D eigenvalue weighted by Crippen LogP contribution is -2.18. The van der Waals surface area contributed by atoms with Crippen LogP contribution in [0.4, 0.5) is 0 Å². The van der Waals surface area contributed by atoms with Crippen molar-refractivity contribution in [1.82, 2.24) is 10.1 Å².